The Kier molecular flexibility index (Phi) is 8.18. The largest absolute Gasteiger partial charge is 0.466 e. The zero-order valence-electron chi connectivity index (χ0n) is 14.3. The molecule has 28 heavy (non-hydrogen) atoms. The average molecular weight is 439 g/mol. The van der Waals surface area contributed by atoms with Crippen LogP contribution in [0.1, 0.15) is 18.1 Å². The number of aliphatic hydroxyl groups excluding tert-OH is 5. The monoisotopic (exact) mass is 439 g/mol. The summed E-state index contributed by atoms with van der Waals surface area (Å²) in [4.78, 5) is 0. The fourth-order valence-electron chi connectivity index (χ4n) is 2.45. The van der Waals surface area contributed by atoms with Crippen molar-refractivity contribution in [3.05, 3.63) is 35.9 Å². The van der Waals surface area contributed by atoms with Crippen LogP contribution < -0.4 is 0 Å². The van der Waals surface area contributed by atoms with Crippen molar-refractivity contribution >= 4 is 27.2 Å². The van der Waals surface area contributed by atoms with Gasteiger partial charge in [0, 0.05) is 6.42 Å². The second kappa shape index (κ2) is 9.96. The Bertz CT molecular complexity index is 757. The molecule has 0 radical (unpaired) electrons. The number of aliphatic hydroxyl groups is 5. The van der Waals surface area contributed by atoms with E-state index in [1.165, 1.54) is 0 Å². The van der Waals surface area contributed by atoms with Crippen LogP contribution >= 0.6 is 11.8 Å². The number of thioether (sulfide) groups is 1. The number of oxime groups is 1. The molecule has 1 aliphatic heterocycles. The summed E-state index contributed by atoms with van der Waals surface area (Å²) in [5.41, 5.74) is -0.793. The van der Waals surface area contributed by atoms with Gasteiger partial charge in [0.15, 0.2) is 0 Å². The van der Waals surface area contributed by atoms with Gasteiger partial charge < -0.3 is 30.3 Å². The van der Waals surface area contributed by atoms with E-state index >= 15 is 0 Å². The first-order valence-corrected chi connectivity index (χ1v) is 10.3. The highest BCUT2D eigenvalue weighted by Gasteiger charge is 2.44. The molecule has 0 bridgehead atoms. The molecule has 1 heterocycles. The van der Waals surface area contributed by atoms with Crippen LogP contribution in [0.4, 0.5) is 0 Å². The minimum Gasteiger partial charge on any atom is -0.394 e. The summed E-state index contributed by atoms with van der Waals surface area (Å²) in [5, 5.41) is 52.3. The Labute approximate surface area is 165 Å². The molecule has 1 aliphatic rings. The van der Waals surface area contributed by atoms with Crippen molar-refractivity contribution in [2.24, 2.45) is 5.16 Å². The van der Waals surface area contributed by atoms with Crippen LogP contribution in [0.25, 0.3) is 0 Å². The molecular formula is C15H21NO10S2. The molecule has 1 aromatic carbocycles. The third-order valence-corrected chi connectivity index (χ3v) is 5.28. The Balaban J connectivity index is 2.19. The lowest BCUT2D eigenvalue weighted by molar-refractivity contribution is -0.205. The molecule has 0 amide bonds. The van der Waals surface area contributed by atoms with Crippen molar-refractivity contribution < 1.29 is 47.5 Å². The van der Waals surface area contributed by atoms with E-state index in [1.807, 2.05) is 0 Å². The van der Waals surface area contributed by atoms with E-state index in [2.05, 4.69) is 9.44 Å². The predicted octanol–water partition coefficient (Wildman–Crippen LogP) is -1.22. The maximum absolute atomic E-state index is 10.8. The van der Waals surface area contributed by atoms with Crippen LogP contribution in [-0.4, -0.2) is 80.0 Å². The lowest BCUT2D eigenvalue weighted by Crippen LogP contribution is -2.57. The highest BCUT2D eigenvalue weighted by molar-refractivity contribution is 8.14. The minimum absolute atomic E-state index is 0.196. The first-order chi connectivity index (χ1) is 13.1. The van der Waals surface area contributed by atoms with Crippen molar-refractivity contribution in [2.75, 3.05) is 6.61 Å². The zero-order valence-corrected chi connectivity index (χ0v) is 16.0. The van der Waals surface area contributed by atoms with E-state index in [0.717, 1.165) is 0 Å². The fraction of sp³-hybridized carbons (Fsp3) is 0.533. The quantitative estimate of drug-likeness (QED) is 0.129. The molecule has 6 N–H and O–H groups in total. The lowest BCUT2D eigenvalue weighted by atomic mass is 10.0. The molecule has 13 heteroatoms. The molecule has 11 nitrogen and oxygen atoms in total. The third kappa shape index (κ3) is 6.37. The number of ether oxygens (including phenoxy) is 1. The van der Waals surface area contributed by atoms with Gasteiger partial charge in [0.1, 0.15) is 34.9 Å². The van der Waals surface area contributed by atoms with E-state index in [4.69, 9.17) is 9.29 Å². The second-order valence-electron chi connectivity index (χ2n) is 5.93. The molecule has 2 rings (SSSR count). The Morgan fingerprint density at radius 3 is 2.39 bits per heavy atom. The number of hydrogen-bond donors (Lipinski definition) is 6. The molecule has 0 saturated carbocycles. The fourth-order valence-corrected chi connectivity index (χ4v) is 3.79. The van der Waals surface area contributed by atoms with Gasteiger partial charge in [-0.25, -0.2) is 4.28 Å². The van der Waals surface area contributed by atoms with Gasteiger partial charge in [0.05, 0.1) is 12.7 Å². The molecule has 1 fully saturated rings. The maximum atomic E-state index is 10.8. The molecule has 0 unspecified atom stereocenters. The molecular weight excluding hydrogens is 418 g/mol. The van der Waals surface area contributed by atoms with Crippen molar-refractivity contribution in [3.63, 3.8) is 0 Å². The molecule has 158 valence electrons. The first kappa shape index (κ1) is 23.0. The van der Waals surface area contributed by atoms with Gasteiger partial charge in [-0.3, -0.25) is 4.55 Å². The highest BCUT2D eigenvalue weighted by Crippen LogP contribution is 2.32. The molecule has 0 spiro atoms. The van der Waals surface area contributed by atoms with Gasteiger partial charge in [-0.2, -0.15) is 8.42 Å². The van der Waals surface area contributed by atoms with Crippen molar-refractivity contribution in [1.82, 2.24) is 0 Å². The van der Waals surface area contributed by atoms with Gasteiger partial charge in [0.25, 0.3) is 0 Å². The van der Waals surface area contributed by atoms with E-state index in [-0.39, 0.29) is 11.5 Å². The number of rotatable bonds is 7. The van der Waals surface area contributed by atoms with Gasteiger partial charge in [-0.1, -0.05) is 47.2 Å². The summed E-state index contributed by atoms with van der Waals surface area (Å²) in [7, 11) is -4.92. The Morgan fingerprint density at radius 1 is 1.18 bits per heavy atom. The van der Waals surface area contributed by atoms with Gasteiger partial charge in [-0.15, -0.1) is 0 Å². The SMILES string of the molecule is O=S(=O)(O)O/N=C(\C[C@H](O)c1ccccc1)S[C@H]1O[C@@H](CO)[C@H](O)[C@@H](O)[C@@H]1O. The van der Waals surface area contributed by atoms with Crippen LogP contribution in [0.3, 0.4) is 0 Å². The topological polar surface area (TPSA) is 186 Å². The van der Waals surface area contributed by atoms with E-state index in [0.29, 0.717) is 17.3 Å². The summed E-state index contributed by atoms with van der Waals surface area (Å²) < 4.78 is 39.6. The number of benzene rings is 1. The summed E-state index contributed by atoms with van der Waals surface area (Å²) in [5.74, 6) is 0. The second-order valence-corrected chi connectivity index (χ2v) is 8.11. The summed E-state index contributed by atoms with van der Waals surface area (Å²) in [6, 6.07) is 8.31. The molecule has 6 atom stereocenters. The molecule has 1 aromatic rings. The smallest absolute Gasteiger partial charge is 0.394 e. The van der Waals surface area contributed by atoms with Crippen molar-refractivity contribution in [1.29, 1.82) is 0 Å². The van der Waals surface area contributed by atoms with Crippen molar-refractivity contribution in [2.45, 2.75) is 42.4 Å². The van der Waals surface area contributed by atoms with Crippen molar-refractivity contribution in [3.8, 4) is 0 Å². The normalized spacial score (nSPS) is 30.1. The third-order valence-electron chi connectivity index (χ3n) is 3.89. The van der Waals surface area contributed by atoms with Gasteiger partial charge in [0.2, 0.25) is 0 Å². The van der Waals surface area contributed by atoms with Crippen LogP contribution in [0.15, 0.2) is 35.5 Å². The molecule has 1 saturated heterocycles. The first-order valence-electron chi connectivity index (χ1n) is 8.05. The predicted molar refractivity (Wildman–Crippen MR) is 97.4 cm³/mol. The van der Waals surface area contributed by atoms with Gasteiger partial charge in [-0.05, 0) is 5.56 Å². The summed E-state index contributed by atoms with van der Waals surface area (Å²) in [6.07, 6.45) is -7.43. The highest BCUT2D eigenvalue weighted by atomic mass is 32.3. The zero-order chi connectivity index (χ0) is 20.9. The number of nitrogens with zero attached hydrogens (tertiary/aromatic N) is 1. The van der Waals surface area contributed by atoms with Gasteiger partial charge >= 0.3 is 10.4 Å². The van der Waals surface area contributed by atoms with E-state index in [9.17, 15) is 34.0 Å². The van der Waals surface area contributed by atoms with Crippen LogP contribution in [-0.2, 0) is 19.4 Å². The van der Waals surface area contributed by atoms with E-state index in [1.54, 1.807) is 30.3 Å². The molecule has 0 aliphatic carbocycles. The summed E-state index contributed by atoms with van der Waals surface area (Å²) >= 11 is 0.597. The standard InChI is InChI=1S/C15H21NO10S2/c17-7-10-12(19)13(20)14(21)15(25-10)27-11(16-26-28(22,23)24)6-9(18)8-4-2-1-3-5-8/h1-5,9-10,12-15,17-21H,6-7H2,(H,22,23,24)/b16-11+/t9-,10-,12-,13+,14-,15+/m0/s1. The van der Waals surface area contributed by atoms with E-state index < -0.39 is 53.0 Å². The lowest BCUT2D eigenvalue weighted by Gasteiger charge is -2.39. The number of hydrogen-bond acceptors (Lipinski definition) is 11. The average Bonchev–Trinajstić information content (AvgIpc) is 2.66. The molecule has 0 aromatic heterocycles. The van der Waals surface area contributed by atoms with Crippen LogP contribution in [0.2, 0.25) is 0 Å². The Hall–Kier alpha value is -1.29. The van der Waals surface area contributed by atoms with Crippen LogP contribution in [0, 0.1) is 0 Å². The summed E-state index contributed by atoms with van der Waals surface area (Å²) in [6.45, 7) is -0.650. The minimum atomic E-state index is -4.92. The maximum Gasteiger partial charge on any atom is 0.466 e. The van der Waals surface area contributed by atoms with Crippen LogP contribution in [0.5, 0.6) is 0 Å². The Morgan fingerprint density at radius 2 is 1.82 bits per heavy atom.